The molecular formula is C16H12N2OS. The Morgan fingerprint density at radius 1 is 1.10 bits per heavy atom. The highest BCUT2D eigenvalue weighted by molar-refractivity contribution is 7.99. The summed E-state index contributed by atoms with van der Waals surface area (Å²) in [6.45, 7) is 2.00. The van der Waals surface area contributed by atoms with Crippen LogP contribution in [0.1, 0.15) is 15.9 Å². The Kier molecular flexibility index (Phi) is 3.48. The second kappa shape index (κ2) is 5.43. The summed E-state index contributed by atoms with van der Waals surface area (Å²) in [4.78, 5) is 20.5. The monoisotopic (exact) mass is 280 g/mol. The van der Waals surface area contributed by atoms with E-state index in [1.165, 1.54) is 0 Å². The van der Waals surface area contributed by atoms with Crippen LogP contribution in [0.4, 0.5) is 0 Å². The van der Waals surface area contributed by atoms with Crippen LogP contribution in [0.25, 0.3) is 10.9 Å². The molecule has 0 unspecified atom stereocenters. The predicted octanol–water partition coefficient (Wildman–Crippen LogP) is 3.90. The van der Waals surface area contributed by atoms with Crippen LogP contribution in [-0.4, -0.2) is 16.3 Å². The third-order valence-corrected chi connectivity index (χ3v) is 4.24. The molecule has 4 heteroatoms. The number of nitrogens with zero attached hydrogens (tertiary/aromatic N) is 2. The summed E-state index contributed by atoms with van der Waals surface area (Å²) in [6.07, 6.45) is 2.45. The average molecular weight is 280 g/mol. The Bertz CT molecular complexity index is 781. The van der Waals surface area contributed by atoms with Gasteiger partial charge in [-0.05, 0) is 30.7 Å². The number of hydrogen-bond acceptors (Lipinski definition) is 4. The van der Waals surface area contributed by atoms with Gasteiger partial charge in [0.2, 0.25) is 0 Å². The standard InChI is InChI=1S/C16H12N2OS/c1-11-8-12(9-19)6-7-15(11)20-16-13-4-2-3-5-14(13)17-10-18-16/h2-10H,1H3. The number of fused-ring (bicyclic) bond motifs is 1. The predicted molar refractivity (Wildman–Crippen MR) is 80.2 cm³/mol. The molecule has 0 aliphatic carbocycles. The molecule has 0 aliphatic rings. The Morgan fingerprint density at radius 2 is 1.95 bits per heavy atom. The molecule has 0 fully saturated rings. The van der Waals surface area contributed by atoms with Crippen molar-refractivity contribution in [3.05, 3.63) is 59.9 Å². The topological polar surface area (TPSA) is 42.9 Å². The molecular weight excluding hydrogens is 268 g/mol. The second-order valence-corrected chi connectivity index (χ2v) is 5.47. The lowest BCUT2D eigenvalue weighted by Crippen LogP contribution is -1.89. The molecule has 98 valence electrons. The van der Waals surface area contributed by atoms with Gasteiger partial charge < -0.3 is 0 Å². The molecule has 0 amide bonds. The minimum absolute atomic E-state index is 0.694. The van der Waals surface area contributed by atoms with Crippen LogP contribution in [0.2, 0.25) is 0 Å². The van der Waals surface area contributed by atoms with E-state index < -0.39 is 0 Å². The van der Waals surface area contributed by atoms with Gasteiger partial charge in [0, 0.05) is 15.8 Å². The minimum Gasteiger partial charge on any atom is -0.298 e. The van der Waals surface area contributed by atoms with Crippen LogP contribution in [0.15, 0.2) is 58.7 Å². The van der Waals surface area contributed by atoms with E-state index in [0.29, 0.717) is 5.56 Å². The summed E-state index contributed by atoms with van der Waals surface area (Å²) < 4.78 is 0. The molecule has 1 heterocycles. The Morgan fingerprint density at radius 3 is 2.75 bits per heavy atom. The van der Waals surface area contributed by atoms with Gasteiger partial charge in [0.25, 0.3) is 0 Å². The van der Waals surface area contributed by atoms with Gasteiger partial charge in [-0.15, -0.1) is 0 Å². The fourth-order valence-corrected chi connectivity index (χ4v) is 2.97. The molecule has 20 heavy (non-hydrogen) atoms. The number of para-hydroxylation sites is 1. The molecule has 0 aliphatic heterocycles. The third kappa shape index (κ3) is 2.42. The molecule has 2 aromatic carbocycles. The fourth-order valence-electron chi connectivity index (χ4n) is 2.03. The number of aryl methyl sites for hydroxylation is 1. The van der Waals surface area contributed by atoms with E-state index in [1.807, 2.05) is 49.4 Å². The molecule has 0 radical (unpaired) electrons. The number of aromatic nitrogens is 2. The van der Waals surface area contributed by atoms with Gasteiger partial charge in [0.1, 0.15) is 17.6 Å². The van der Waals surface area contributed by atoms with Gasteiger partial charge in [0.05, 0.1) is 5.52 Å². The largest absolute Gasteiger partial charge is 0.298 e. The van der Waals surface area contributed by atoms with Gasteiger partial charge >= 0.3 is 0 Å². The molecule has 0 saturated carbocycles. The van der Waals surface area contributed by atoms with Crippen molar-refractivity contribution in [1.29, 1.82) is 0 Å². The molecule has 3 aromatic rings. The molecule has 3 nitrogen and oxygen atoms in total. The second-order valence-electron chi connectivity index (χ2n) is 4.44. The molecule has 0 spiro atoms. The lowest BCUT2D eigenvalue weighted by molar-refractivity contribution is 0.112. The van der Waals surface area contributed by atoms with Crippen molar-refractivity contribution in [3.63, 3.8) is 0 Å². The maximum absolute atomic E-state index is 10.8. The first-order valence-corrected chi connectivity index (χ1v) is 7.03. The van der Waals surface area contributed by atoms with Crippen LogP contribution in [0.3, 0.4) is 0 Å². The zero-order valence-corrected chi connectivity index (χ0v) is 11.7. The molecule has 0 N–H and O–H groups in total. The van der Waals surface area contributed by atoms with Crippen molar-refractivity contribution in [2.24, 2.45) is 0 Å². The first-order chi connectivity index (χ1) is 9.78. The van der Waals surface area contributed by atoms with E-state index >= 15 is 0 Å². The number of aldehydes is 1. The average Bonchev–Trinajstić information content (AvgIpc) is 2.49. The van der Waals surface area contributed by atoms with Crippen LogP contribution >= 0.6 is 11.8 Å². The van der Waals surface area contributed by atoms with E-state index in [9.17, 15) is 4.79 Å². The summed E-state index contributed by atoms with van der Waals surface area (Å²) >= 11 is 1.60. The zero-order valence-electron chi connectivity index (χ0n) is 10.9. The van der Waals surface area contributed by atoms with Crippen molar-refractivity contribution < 1.29 is 4.79 Å². The molecule has 0 saturated heterocycles. The van der Waals surface area contributed by atoms with E-state index in [-0.39, 0.29) is 0 Å². The Labute approximate surface area is 121 Å². The van der Waals surface area contributed by atoms with E-state index in [4.69, 9.17) is 0 Å². The Hall–Kier alpha value is -2.20. The SMILES string of the molecule is Cc1cc(C=O)ccc1Sc1ncnc2ccccc12. The summed E-state index contributed by atoms with van der Waals surface area (Å²) in [7, 11) is 0. The van der Waals surface area contributed by atoms with Crippen molar-refractivity contribution in [3.8, 4) is 0 Å². The van der Waals surface area contributed by atoms with E-state index in [0.717, 1.165) is 32.7 Å². The number of rotatable bonds is 3. The van der Waals surface area contributed by atoms with Crippen molar-refractivity contribution in [1.82, 2.24) is 9.97 Å². The van der Waals surface area contributed by atoms with Crippen molar-refractivity contribution in [2.75, 3.05) is 0 Å². The molecule has 0 atom stereocenters. The minimum atomic E-state index is 0.694. The van der Waals surface area contributed by atoms with Gasteiger partial charge in [-0.25, -0.2) is 9.97 Å². The molecule has 3 rings (SSSR count). The smallest absolute Gasteiger partial charge is 0.150 e. The quantitative estimate of drug-likeness (QED) is 0.539. The number of carbonyl (C=O) groups excluding carboxylic acids is 1. The summed E-state index contributed by atoms with van der Waals surface area (Å²) in [5, 5.41) is 1.97. The highest BCUT2D eigenvalue weighted by Gasteiger charge is 2.07. The lowest BCUT2D eigenvalue weighted by atomic mass is 10.2. The maximum Gasteiger partial charge on any atom is 0.150 e. The normalized spacial score (nSPS) is 10.7. The van der Waals surface area contributed by atoms with Crippen LogP contribution in [0, 0.1) is 6.92 Å². The maximum atomic E-state index is 10.8. The lowest BCUT2D eigenvalue weighted by Gasteiger charge is -2.07. The number of benzene rings is 2. The van der Waals surface area contributed by atoms with Gasteiger partial charge in [0.15, 0.2) is 0 Å². The van der Waals surface area contributed by atoms with Crippen molar-refractivity contribution in [2.45, 2.75) is 16.8 Å². The van der Waals surface area contributed by atoms with E-state index in [2.05, 4.69) is 9.97 Å². The number of hydrogen-bond donors (Lipinski definition) is 0. The fraction of sp³-hybridized carbons (Fsp3) is 0.0625. The molecule has 1 aromatic heterocycles. The van der Waals surface area contributed by atoms with Crippen LogP contribution in [0.5, 0.6) is 0 Å². The first-order valence-electron chi connectivity index (χ1n) is 6.21. The summed E-state index contributed by atoms with van der Waals surface area (Å²) in [5.74, 6) is 0. The summed E-state index contributed by atoms with van der Waals surface area (Å²) in [5.41, 5.74) is 2.70. The highest BCUT2D eigenvalue weighted by Crippen LogP contribution is 2.32. The summed E-state index contributed by atoms with van der Waals surface area (Å²) in [6, 6.07) is 13.6. The van der Waals surface area contributed by atoms with Gasteiger partial charge in [-0.3, -0.25) is 4.79 Å². The molecule has 0 bridgehead atoms. The third-order valence-electron chi connectivity index (χ3n) is 3.05. The van der Waals surface area contributed by atoms with Crippen LogP contribution < -0.4 is 0 Å². The Balaban J connectivity index is 2.03. The van der Waals surface area contributed by atoms with Crippen LogP contribution in [-0.2, 0) is 0 Å². The van der Waals surface area contributed by atoms with E-state index in [1.54, 1.807) is 18.1 Å². The van der Waals surface area contributed by atoms with Gasteiger partial charge in [-0.1, -0.05) is 36.0 Å². The van der Waals surface area contributed by atoms with Gasteiger partial charge in [-0.2, -0.15) is 0 Å². The zero-order chi connectivity index (χ0) is 13.9. The highest BCUT2D eigenvalue weighted by atomic mass is 32.2. The first kappa shape index (κ1) is 12.8. The number of carbonyl (C=O) groups is 1. The van der Waals surface area contributed by atoms with Crippen molar-refractivity contribution >= 4 is 29.0 Å².